The monoisotopic (exact) mass is 242 g/mol. The van der Waals surface area contributed by atoms with Gasteiger partial charge in [-0.2, -0.15) is 0 Å². The zero-order valence-corrected chi connectivity index (χ0v) is 10.8. The SMILES string of the molecule is CC[C@H](C)Oc1ccc(-c2ccccc2O)cc1. The number of phenolic OH excluding ortho intramolecular Hbond substituents is 1. The minimum Gasteiger partial charge on any atom is -0.507 e. The minimum atomic E-state index is 0.223. The highest BCUT2D eigenvalue weighted by molar-refractivity contribution is 5.70. The van der Waals surface area contributed by atoms with Crippen molar-refractivity contribution in [2.45, 2.75) is 26.4 Å². The van der Waals surface area contributed by atoms with E-state index in [2.05, 4.69) is 13.8 Å². The quantitative estimate of drug-likeness (QED) is 0.869. The Labute approximate surface area is 108 Å². The average molecular weight is 242 g/mol. The summed E-state index contributed by atoms with van der Waals surface area (Å²) in [5.74, 6) is 1.16. The third-order valence-electron chi connectivity index (χ3n) is 2.98. The lowest BCUT2D eigenvalue weighted by Gasteiger charge is -2.13. The second kappa shape index (κ2) is 5.58. The molecule has 0 aliphatic rings. The van der Waals surface area contributed by atoms with Gasteiger partial charge in [-0.15, -0.1) is 0 Å². The average Bonchev–Trinajstić information content (AvgIpc) is 2.40. The number of benzene rings is 2. The van der Waals surface area contributed by atoms with Crippen LogP contribution in [-0.2, 0) is 0 Å². The van der Waals surface area contributed by atoms with Gasteiger partial charge in [-0.25, -0.2) is 0 Å². The molecule has 18 heavy (non-hydrogen) atoms. The second-order valence-corrected chi connectivity index (χ2v) is 4.38. The summed E-state index contributed by atoms with van der Waals surface area (Å²) < 4.78 is 5.72. The summed E-state index contributed by atoms with van der Waals surface area (Å²) in [6.45, 7) is 4.15. The lowest BCUT2D eigenvalue weighted by Crippen LogP contribution is -2.09. The molecule has 2 aromatic carbocycles. The Morgan fingerprint density at radius 3 is 2.33 bits per heavy atom. The van der Waals surface area contributed by atoms with E-state index < -0.39 is 0 Å². The number of rotatable bonds is 4. The molecule has 2 rings (SSSR count). The van der Waals surface area contributed by atoms with Crippen molar-refractivity contribution < 1.29 is 9.84 Å². The molecule has 0 bridgehead atoms. The van der Waals surface area contributed by atoms with E-state index in [0.717, 1.165) is 23.3 Å². The third kappa shape index (κ3) is 2.83. The minimum absolute atomic E-state index is 0.223. The van der Waals surface area contributed by atoms with Crippen molar-refractivity contribution in [2.75, 3.05) is 0 Å². The van der Waals surface area contributed by atoms with Crippen molar-refractivity contribution >= 4 is 0 Å². The molecule has 0 aliphatic heterocycles. The first kappa shape index (κ1) is 12.5. The molecule has 0 saturated carbocycles. The fraction of sp³-hybridized carbons (Fsp3) is 0.250. The van der Waals surface area contributed by atoms with Gasteiger partial charge in [0.05, 0.1) is 6.10 Å². The van der Waals surface area contributed by atoms with Gasteiger partial charge in [0.25, 0.3) is 0 Å². The topological polar surface area (TPSA) is 29.5 Å². The highest BCUT2D eigenvalue weighted by Crippen LogP contribution is 2.29. The van der Waals surface area contributed by atoms with Gasteiger partial charge in [-0.1, -0.05) is 37.3 Å². The maximum Gasteiger partial charge on any atom is 0.123 e. The number of phenols is 1. The summed E-state index contributed by atoms with van der Waals surface area (Å²) in [6.07, 6.45) is 1.21. The van der Waals surface area contributed by atoms with Crippen molar-refractivity contribution in [3.8, 4) is 22.6 Å². The van der Waals surface area contributed by atoms with Crippen LogP contribution in [0, 0.1) is 0 Å². The predicted molar refractivity (Wildman–Crippen MR) is 73.9 cm³/mol. The second-order valence-electron chi connectivity index (χ2n) is 4.38. The third-order valence-corrected chi connectivity index (χ3v) is 2.98. The summed E-state index contributed by atoms with van der Waals surface area (Å²) in [7, 11) is 0. The van der Waals surface area contributed by atoms with E-state index in [1.54, 1.807) is 6.07 Å². The van der Waals surface area contributed by atoms with E-state index in [1.807, 2.05) is 42.5 Å². The van der Waals surface area contributed by atoms with Gasteiger partial charge in [0.2, 0.25) is 0 Å². The van der Waals surface area contributed by atoms with Gasteiger partial charge in [0.1, 0.15) is 11.5 Å². The maximum atomic E-state index is 9.79. The van der Waals surface area contributed by atoms with Crippen LogP contribution in [0.5, 0.6) is 11.5 Å². The van der Waals surface area contributed by atoms with Crippen LogP contribution in [0.4, 0.5) is 0 Å². The smallest absolute Gasteiger partial charge is 0.123 e. The molecule has 1 N–H and O–H groups in total. The van der Waals surface area contributed by atoms with Crippen molar-refractivity contribution in [1.82, 2.24) is 0 Å². The number of para-hydroxylation sites is 1. The standard InChI is InChI=1S/C16H18O2/c1-3-12(2)18-14-10-8-13(9-11-14)15-6-4-5-7-16(15)17/h4-12,17H,3H2,1-2H3/t12-/m0/s1. The summed E-state index contributed by atoms with van der Waals surface area (Å²) in [5, 5.41) is 9.79. The van der Waals surface area contributed by atoms with Crippen LogP contribution >= 0.6 is 0 Å². The van der Waals surface area contributed by atoms with Crippen LogP contribution in [0.1, 0.15) is 20.3 Å². The Kier molecular flexibility index (Phi) is 3.88. The molecule has 0 saturated heterocycles. The van der Waals surface area contributed by atoms with Gasteiger partial charge in [-0.3, -0.25) is 0 Å². The van der Waals surface area contributed by atoms with E-state index in [-0.39, 0.29) is 6.10 Å². The molecule has 1 atom stereocenters. The molecule has 0 spiro atoms. The molecule has 0 aliphatic carbocycles. The normalized spacial score (nSPS) is 12.1. The highest BCUT2D eigenvalue weighted by atomic mass is 16.5. The summed E-state index contributed by atoms with van der Waals surface area (Å²) in [6, 6.07) is 15.1. The maximum absolute atomic E-state index is 9.79. The molecule has 0 aromatic heterocycles. The number of hydrogen-bond donors (Lipinski definition) is 1. The Hall–Kier alpha value is -1.96. The summed E-state index contributed by atoms with van der Waals surface area (Å²) >= 11 is 0. The highest BCUT2D eigenvalue weighted by Gasteiger charge is 2.04. The lowest BCUT2D eigenvalue weighted by atomic mass is 10.0. The first-order valence-electron chi connectivity index (χ1n) is 6.25. The Bertz CT molecular complexity index is 503. The molecule has 2 nitrogen and oxygen atoms in total. The Balaban J connectivity index is 2.20. The van der Waals surface area contributed by atoms with Gasteiger partial charge in [0, 0.05) is 5.56 Å². The number of hydrogen-bond acceptors (Lipinski definition) is 2. The fourth-order valence-electron chi connectivity index (χ4n) is 1.75. The Morgan fingerprint density at radius 2 is 1.72 bits per heavy atom. The molecule has 94 valence electrons. The number of ether oxygens (including phenoxy) is 1. The molecular formula is C16H18O2. The molecule has 0 unspecified atom stereocenters. The van der Waals surface area contributed by atoms with E-state index in [0.29, 0.717) is 5.75 Å². The van der Waals surface area contributed by atoms with E-state index in [4.69, 9.17) is 4.74 Å². The molecular weight excluding hydrogens is 224 g/mol. The molecule has 0 fully saturated rings. The zero-order valence-electron chi connectivity index (χ0n) is 10.8. The van der Waals surface area contributed by atoms with Crippen LogP contribution in [0.2, 0.25) is 0 Å². The van der Waals surface area contributed by atoms with Crippen LogP contribution < -0.4 is 4.74 Å². The molecule has 2 heteroatoms. The zero-order chi connectivity index (χ0) is 13.0. The van der Waals surface area contributed by atoms with Crippen LogP contribution in [0.3, 0.4) is 0 Å². The summed E-state index contributed by atoms with van der Waals surface area (Å²) in [4.78, 5) is 0. The first-order chi connectivity index (χ1) is 8.70. The van der Waals surface area contributed by atoms with Crippen molar-refractivity contribution in [3.63, 3.8) is 0 Å². The largest absolute Gasteiger partial charge is 0.507 e. The molecule has 0 radical (unpaired) electrons. The van der Waals surface area contributed by atoms with Crippen LogP contribution in [0.25, 0.3) is 11.1 Å². The Morgan fingerprint density at radius 1 is 1.06 bits per heavy atom. The van der Waals surface area contributed by atoms with Gasteiger partial charge in [0.15, 0.2) is 0 Å². The van der Waals surface area contributed by atoms with Gasteiger partial charge < -0.3 is 9.84 Å². The predicted octanol–water partition coefficient (Wildman–Crippen LogP) is 4.24. The molecule has 0 amide bonds. The van der Waals surface area contributed by atoms with Crippen LogP contribution in [-0.4, -0.2) is 11.2 Å². The van der Waals surface area contributed by atoms with Crippen LogP contribution in [0.15, 0.2) is 48.5 Å². The van der Waals surface area contributed by atoms with Gasteiger partial charge in [-0.05, 0) is 37.1 Å². The van der Waals surface area contributed by atoms with Crippen molar-refractivity contribution in [3.05, 3.63) is 48.5 Å². The van der Waals surface area contributed by atoms with E-state index in [9.17, 15) is 5.11 Å². The number of aromatic hydroxyl groups is 1. The first-order valence-corrected chi connectivity index (χ1v) is 6.25. The summed E-state index contributed by atoms with van der Waals surface area (Å²) in [5.41, 5.74) is 1.83. The molecule has 2 aromatic rings. The van der Waals surface area contributed by atoms with E-state index >= 15 is 0 Å². The fourth-order valence-corrected chi connectivity index (χ4v) is 1.75. The molecule has 0 heterocycles. The lowest BCUT2D eigenvalue weighted by molar-refractivity contribution is 0.217. The van der Waals surface area contributed by atoms with Gasteiger partial charge >= 0.3 is 0 Å². The van der Waals surface area contributed by atoms with E-state index in [1.165, 1.54) is 0 Å². The van der Waals surface area contributed by atoms with Crippen molar-refractivity contribution in [1.29, 1.82) is 0 Å². The van der Waals surface area contributed by atoms with Crippen molar-refractivity contribution in [2.24, 2.45) is 0 Å².